The summed E-state index contributed by atoms with van der Waals surface area (Å²) in [7, 11) is -3.15. The van der Waals surface area contributed by atoms with Crippen molar-refractivity contribution >= 4 is 27.4 Å². The summed E-state index contributed by atoms with van der Waals surface area (Å²) in [5, 5.41) is 10.8. The number of nitrogens with zero attached hydrogens (tertiary/aromatic N) is 2. The molecule has 0 radical (unpaired) electrons. The van der Waals surface area contributed by atoms with Gasteiger partial charge in [0.05, 0.1) is 22.0 Å². The van der Waals surface area contributed by atoms with Crippen molar-refractivity contribution in [2.24, 2.45) is 0 Å². The van der Waals surface area contributed by atoms with E-state index in [0.717, 1.165) is 12.8 Å². The van der Waals surface area contributed by atoms with E-state index < -0.39 is 39.3 Å². The average molecular weight is 412 g/mol. The molecular weight excluding hydrogens is 388 g/mol. The Morgan fingerprint density at radius 2 is 2.07 bits per heavy atom. The highest BCUT2D eigenvalue weighted by Crippen LogP contribution is 2.20. The second-order valence-corrected chi connectivity index (χ2v) is 9.06. The molecular formula is C18H24N2O7S. The highest BCUT2D eigenvalue weighted by molar-refractivity contribution is 7.91. The Bertz CT molecular complexity index is 867. The number of carbonyl (C=O) groups is 2. The molecule has 0 aromatic heterocycles. The molecule has 9 nitrogen and oxygen atoms in total. The number of esters is 1. The van der Waals surface area contributed by atoms with Crippen molar-refractivity contribution in [3.05, 3.63) is 39.4 Å². The number of unbranched alkanes of at least 4 members (excludes halogenated alkanes) is 1. The highest BCUT2D eigenvalue weighted by Gasteiger charge is 2.34. The number of ether oxygens (including phenoxy) is 1. The van der Waals surface area contributed by atoms with Crippen molar-refractivity contribution in [1.82, 2.24) is 4.90 Å². The fourth-order valence-electron chi connectivity index (χ4n) is 3.14. The van der Waals surface area contributed by atoms with Gasteiger partial charge in [-0.25, -0.2) is 13.2 Å². The molecule has 1 saturated heterocycles. The van der Waals surface area contributed by atoms with Crippen LogP contribution in [0.15, 0.2) is 18.2 Å². The summed E-state index contributed by atoms with van der Waals surface area (Å²) in [6, 6.07) is 3.43. The second-order valence-electron chi connectivity index (χ2n) is 6.83. The van der Waals surface area contributed by atoms with E-state index in [-0.39, 0.29) is 22.8 Å². The topological polar surface area (TPSA) is 124 Å². The number of carbonyl (C=O) groups excluding carboxylic acids is 2. The van der Waals surface area contributed by atoms with Crippen LogP contribution < -0.4 is 0 Å². The minimum Gasteiger partial charge on any atom is -0.452 e. The average Bonchev–Trinajstić information content (AvgIpc) is 2.99. The predicted octanol–water partition coefficient (Wildman–Crippen LogP) is 1.88. The molecule has 0 spiro atoms. The van der Waals surface area contributed by atoms with Gasteiger partial charge in [-0.3, -0.25) is 14.9 Å². The summed E-state index contributed by atoms with van der Waals surface area (Å²) in [4.78, 5) is 36.5. The number of aryl methyl sites for hydroxylation is 1. The molecule has 0 N–H and O–H groups in total. The number of hydrogen-bond donors (Lipinski definition) is 0. The lowest BCUT2D eigenvalue weighted by Crippen LogP contribution is -2.43. The molecule has 1 aromatic rings. The van der Waals surface area contributed by atoms with Gasteiger partial charge in [0.2, 0.25) is 0 Å². The Kier molecular flexibility index (Phi) is 7.11. The van der Waals surface area contributed by atoms with Crippen LogP contribution in [0, 0.1) is 17.0 Å². The molecule has 1 fully saturated rings. The summed E-state index contributed by atoms with van der Waals surface area (Å²) >= 11 is 0. The first-order valence-electron chi connectivity index (χ1n) is 9.06. The van der Waals surface area contributed by atoms with Crippen LogP contribution in [0.25, 0.3) is 0 Å². The van der Waals surface area contributed by atoms with E-state index in [0.29, 0.717) is 18.5 Å². The molecule has 1 amide bonds. The van der Waals surface area contributed by atoms with Crippen molar-refractivity contribution in [3.63, 3.8) is 0 Å². The third-order valence-electron chi connectivity index (χ3n) is 4.68. The Morgan fingerprint density at radius 3 is 2.61 bits per heavy atom. The van der Waals surface area contributed by atoms with E-state index in [1.807, 2.05) is 6.92 Å². The van der Waals surface area contributed by atoms with Crippen LogP contribution in [-0.2, 0) is 19.4 Å². The molecule has 1 atom stereocenters. The Labute approximate surface area is 163 Å². The molecule has 28 heavy (non-hydrogen) atoms. The normalized spacial score (nSPS) is 17.9. The standard InChI is InChI=1S/C18H24N2O7S/c1-3-4-8-19(15-7-9-28(25,26)12-15)17(21)11-27-18(22)14-5-6-16(20(23)24)13(2)10-14/h5-6,10,15H,3-4,7-9,11-12H2,1-2H3/t15-/m0/s1. The number of amides is 1. The lowest BCUT2D eigenvalue weighted by Gasteiger charge is -2.28. The molecule has 2 rings (SSSR count). The third kappa shape index (κ3) is 5.51. The maximum Gasteiger partial charge on any atom is 0.338 e. The van der Waals surface area contributed by atoms with Gasteiger partial charge in [-0.2, -0.15) is 0 Å². The summed E-state index contributed by atoms with van der Waals surface area (Å²) in [6.45, 7) is 3.37. The predicted molar refractivity (Wildman–Crippen MR) is 102 cm³/mol. The maximum atomic E-state index is 12.6. The third-order valence-corrected chi connectivity index (χ3v) is 6.43. The SMILES string of the molecule is CCCCN(C(=O)COC(=O)c1ccc([N+](=O)[O-])c(C)c1)[C@H]1CCS(=O)(=O)C1. The fourth-order valence-corrected chi connectivity index (χ4v) is 4.87. The highest BCUT2D eigenvalue weighted by atomic mass is 32.2. The zero-order chi connectivity index (χ0) is 20.9. The van der Waals surface area contributed by atoms with Crippen LogP contribution in [0.4, 0.5) is 5.69 Å². The smallest absolute Gasteiger partial charge is 0.338 e. The maximum absolute atomic E-state index is 12.6. The van der Waals surface area contributed by atoms with E-state index in [9.17, 15) is 28.1 Å². The van der Waals surface area contributed by atoms with Crippen LogP contribution >= 0.6 is 0 Å². The first-order valence-corrected chi connectivity index (χ1v) is 10.9. The van der Waals surface area contributed by atoms with E-state index >= 15 is 0 Å². The molecule has 0 unspecified atom stereocenters. The van der Waals surface area contributed by atoms with Gasteiger partial charge in [-0.05, 0) is 31.9 Å². The molecule has 154 valence electrons. The van der Waals surface area contributed by atoms with E-state index in [1.54, 1.807) is 0 Å². The van der Waals surface area contributed by atoms with Crippen LogP contribution in [0.2, 0.25) is 0 Å². The minimum atomic E-state index is -3.15. The lowest BCUT2D eigenvalue weighted by molar-refractivity contribution is -0.385. The van der Waals surface area contributed by atoms with Crippen molar-refractivity contribution in [1.29, 1.82) is 0 Å². The number of nitro groups is 1. The minimum absolute atomic E-state index is 0.0510. The van der Waals surface area contributed by atoms with Crippen molar-refractivity contribution < 1.29 is 27.7 Å². The van der Waals surface area contributed by atoms with E-state index in [1.165, 1.54) is 30.0 Å². The number of benzene rings is 1. The van der Waals surface area contributed by atoms with Gasteiger partial charge in [0.1, 0.15) is 0 Å². The Hall–Kier alpha value is -2.49. The van der Waals surface area contributed by atoms with E-state index in [4.69, 9.17) is 4.74 Å². The second kappa shape index (κ2) is 9.13. The fraction of sp³-hybridized carbons (Fsp3) is 0.556. The number of rotatable bonds is 8. The molecule has 0 aliphatic carbocycles. The molecule has 0 bridgehead atoms. The van der Waals surface area contributed by atoms with Crippen molar-refractivity contribution in [2.75, 3.05) is 24.7 Å². The van der Waals surface area contributed by atoms with Gasteiger partial charge in [-0.15, -0.1) is 0 Å². The molecule has 1 aromatic carbocycles. The quantitative estimate of drug-likeness (QED) is 0.363. The zero-order valence-electron chi connectivity index (χ0n) is 15.9. The molecule has 10 heteroatoms. The first kappa shape index (κ1) is 21.8. The lowest BCUT2D eigenvalue weighted by atomic mass is 10.1. The molecule has 1 heterocycles. The summed E-state index contributed by atoms with van der Waals surface area (Å²) in [6.07, 6.45) is 1.94. The largest absolute Gasteiger partial charge is 0.452 e. The van der Waals surface area contributed by atoms with Crippen molar-refractivity contribution in [3.8, 4) is 0 Å². The van der Waals surface area contributed by atoms with Gasteiger partial charge in [-0.1, -0.05) is 13.3 Å². The Morgan fingerprint density at radius 1 is 1.36 bits per heavy atom. The molecule has 0 saturated carbocycles. The summed E-state index contributed by atoms with van der Waals surface area (Å²) in [5.41, 5.74) is 0.312. The van der Waals surface area contributed by atoms with Gasteiger partial charge in [0, 0.05) is 24.2 Å². The summed E-state index contributed by atoms with van der Waals surface area (Å²) in [5.74, 6) is -1.23. The monoisotopic (exact) mass is 412 g/mol. The van der Waals surface area contributed by atoms with Crippen LogP contribution in [0.1, 0.15) is 42.1 Å². The van der Waals surface area contributed by atoms with Crippen LogP contribution in [0.5, 0.6) is 0 Å². The number of nitro benzene ring substituents is 1. The van der Waals surface area contributed by atoms with Gasteiger partial charge < -0.3 is 9.64 Å². The van der Waals surface area contributed by atoms with Gasteiger partial charge >= 0.3 is 5.97 Å². The van der Waals surface area contributed by atoms with E-state index in [2.05, 4.69) is 0 Å². The number of hydrogen-bond acceptors (Lipinski definition) is 7. The van der Waals surface area contributed by atoms with Crippen LogP contribution in [0.3, 0.4) is 0 Å². The Balaban J connectivity index is 2.02. The summed E-state index contributed by atoms with van der Waals surface area (Å²) < 4.78 is 28.5. The molecule has 1 aliphatic rings. The first-order chi connectivity index (χ1) is 13.1. The number of sulfone groups is 1. The molecule has 1 aliphatic heterocycles. The zero-order valence-corrected chi connectivity index (χ0v) is 16.7. The van der Waals surface area contributed by atoms with Gasteiger partial charge in [0.15, 0.2) is 16.4 Å². The van der Waals surface area contributed by atoms with Crippen LogP contribution in [-0.4, -0.2) is 60.8 Å². The van der Waals surface area contributed by atoms with Gasteiger partial charge in [0.25, 0.3) is 11.6 Å². The van der Waals surface area contributed by atoms with Crippen molar-refractivity contribution in [2.45, 2.75) is 39.2 Å².